The molecular formula is C32H44N8O4. The van der Waals surface area contributed by atoms with Crippen molar-refractivity contribution >= 4 is 29.4 Å². The van der Waals surface area contributed by atoms with E-state index in [1.165, 1.54) is 5.56 Å². The Kier molecular flexibility index (Phi) is 12.1. The van der Waals surface area contributed by atoms with Gasteiger partial charge in [0, 0.05) is 77.0 Å². The Labute approximate surface area is 259 Å². The quantitative estimate of drug-likeness (QED) is 0.368. The number of aromatic hydroxyl groups is 1. The maximum atomic E-state index is 12.4. The van der Waals surface area contributed by atoms with Crippen molar-refractivity contribution in [3.63, 3.8) is 0 Å². The van der Waals surface area contributed by atoms with Gasteiger partial charge in [0.05, 0.1) is 0 Å². The number of pyridine rings is 2. The van der Waals surface area contributed by atoms with Crippen molar-refractivity contribution < 1.29 is 19.4 Å². The summed E-state index contributed by atoms with van der Waals surface area (Å²) in [6.45, 7) is 11.9. The van der Waals surface area contributed by atoms with Crippen molar-refractivity contribution in [3.05, 3.63) is 72.1 Å². The molecule has 0 unspecified atom stereocenters. The lowest BCUT2D eigenvalue weighted by Crippen LogP contribution is -2.50. The molecule has 2 aliphatic rings. The Balaban J connectivity index is 0.000000204. The van der Waals surface area contributed by atoms with Crippen LogP contribution in [0.15, 0.2) is 60.9 Å². The van der Waals surface area contributed by atoms with Crippen LogP contribution in [-0.2, 0) is 11.2 Å². The third kappa shape index (κ3) is 10.1. The second-order valence-electron chi connectivity index (χ2n) is 10.9. The fourth-order valence-electron chi connectivity index (χ4n) is 4.91. The third-order valence-electron chi connectivity index (χ3n) is 7.60. The van der Waals surface area contributed by atoms with Crippen LogP contribution in [0.5, 0.6) is 5.75 Å². The highest BCUT2D eigenvalue weighted by Gasteiger charge is 2.23. The van der Waals surface area contributed by atoms with Crippen molar-refractivity contribution in [1.29, 1.82) is 0 Å². The zero-order valence-corrected chi connectivity index (χ0v) is 25.9. The number of aromatic nitrogens is 2. The van der Waals surface area contributed by atoms with Crippen molar-refractivity contribution in [2.75, 3.05) is 88.1 Å². The van der Waals surface area contributed by atoms with E-state index in [9.17, 15) is 14.7 Å². The molecular weight excluding hydrogens is 560 g/mol. The molecule has 0 saturated carbocycles. The number of amides is 3. The SMILES string of the molecule is CCc1cccc(NC(=O)N2CCN(c3ncccc3O)CC2)c1.Cc1ccnc(NC(=O)OCCN2CCN(C)CC2)c1. The van der Waals surface area contributed by atoms with Crippen LogP contribution >= 0.6 is 0 Å². The Hall–Kier alpha value is -4.42. The Morgan fingerprint density at radius 1 is 0.909 bits per heavy atom. The maximum Gasteiger partial charge on any atom is 0.412 e. The highest BCUT2D eigenvalue weighted by molar-refractivity contribution is 5.89. The second kappa shape index (κ2) is 16.4. The van der Waals surface area contributed by atoms with Gasteiger partial charge < -0.3 is 29.9 Å². The Morgan fingerprint density at radius 2 is 1.68 bits per heavy atom. The number of hydrogen-bond acceptors (Lipinski definition) is 9. The van der Waals surface area contributed by atoms with Gasteiger partial charge in [0.1, 0.15) is 12.4 Å². The number of nitrogens with zero attached hydrogens (tertiary/aromatic N) is 6. The van der Waals surface area contributed by atoms with Gasteiger partial charge in [-0.05, 0) is 67.9 Å². The van der Waals surface area contributed by atoms with Gasteiger partial charge in [-0.2, -0.15) is 0 Å². The minimum atomic E-state index is -0.447. The van der Waals surface area contributed by atoms with Crippen LogP contribution in [0.25, 0.3) is 0 Å². The van der Waals surface area contributed by atoms with E-state index in [0.29, 0.717) is 44.4 Å². The number of carbonyl (C=O) groups is 2. The summed E-state index contributed by atoms with van der Waals surface area (Å²) in [4.78, 5) is 40.7. The molecule has 0 aliphatic carbocycles. The van der Waals surface area contributed by atoms with Crippen LogP contribution in [0.3, 0.4) is 0 Å². The van der Waals surface area contributed by atoms with E-state index in [1.54, 1.807) is 29.4 Å². The summed E-state index contributed by atoms with van der Waals surface area (Å²) in [6, 6.07) is 14.8. The Bertz CT molecular complexity index is 1360. The number of nitrogens with one attached hydrogen (secondary N) is 2. The van der Waals surface area contributed by atoms with E-state index in [-0.39, 0.29) is 11.8 Å². The summed E-state index contributed by atoms with van der Waals surface area (Å²) in [5.41, 5.74) is 3.07. The first-order valence-corrected chi connectivity index (χ1v) is 15.1. The van der Waals surface area contributed by atoms with Gasteiger partial charge in [-0.25, -0.2) is 19.6 Å². The van der Waals surface area contributed by atoms with Crippen LogP contribution in [0.4, 0.5) is 26.9 Å². The average Bonchev–Trinajstić information content (AvgIpc) is 3.03. The molecule has 0 spiro atoms. The van der Waals surface area contributed by atoms with Crippen LogP contribution in [0.1, 0.15) is 18.1 Å². The first-order chi connectivity index (χ1) is 21.3. The molecule has 0 bridgehead atoms. The summed E-state index contributed by atoms with van der Waals surface area (Å²) in [6.07, 6.45) is 3.82. The standard InChI is InChI=1S/C18H22N4O2.C14H22N4O2/c1-2-14-5-3-6-15(13-14)20-18(24)22-11-9-21(10-12-22)17-16(23)7-4-8-19-17;1-12-3-4-15-13(11-12)16-14(19)20-10-9-18-7-5-17(2)6-8-18/h3-8,13,23H,2,9-12H2,1H3,(H,20,24);3-4,11H,5-10H2,1-2H3,(H,15,16,19). The molecule has 4 heterocycles. The van der Waals surface area contributed by atoms with Crippen molar-refractivity contribution in [2.24, 2.45) is 0 Å². The molecule has 44 heavy (non-hydrogen) atoms. The summed E-state index contributed by atoms with van der Waals surface area (Å²) in [7, 11) is 2.12. The minimum Gasteiger partial charge on any atom is -0.504 e. The lowest BCUT2D eigenvalue weighted by molar-refractivity contribution is 0.111. The molecule has 236 valence electrons. The summed E-state index contributed by atoms with van der Waals surface area (Å²) >= 11 is 0. The number of aryl methyl sites for hydroxylation is 2. The van der Waals surface area contributed by atoms with E-state index in [4.69, 9.17) is 4.74 Å². The first kappa shape index (κ1) is 32.5. The largest absolute Gasteiger partial charge is 0.504 e. The number of ether oxygens (including phenoxy) is 1. The molecule has 0 atom stereocenters. The number of anilines is 3. The van der Waals surface area contributed by atoms with Crippen LogP contribution < -0.4 is 15.5 Å². The van der Waals surface area contributed by atoms with Gasteiger partial charge in [-0.3, -0.25) is 10.2 Å². The molecule has 5 rings (SSSR count). The fourth-order valence-corrected chi connectivity index (χ4v) is 4.91. The molecule has 2 aromatic heterocycles. The zero-order valence-electron chi connectivity index (χ0n) is 25.9. The molecule has 0 radical (unpaired) electrons. The predicted molar refractivity (Wildman–Crippen MR) is 172 cm³/mol. The van der Waals surface area contributed by atoms with Gasteiger partial charge in [0.15, 0.2) is 11.6 Å². The van der Waals surface area contributed by atoms with Gasteiger partial charge >= 0.3 is 12.1 Å². The monoisotopic (exact) mass is 604 g/mol. The maximum absolute atomic E-state index is 12.4. The third-order valence-corrected chi connectivity index (χ3v) is 7.60. The minimum absolute atomic E-state index is 0.0897. The number of urea groups is 1. The van der Waals surface area contributed by atoms with Crippen LogP contribution in [0.2, 0.25) is 0 Å². The highest BCUT2D eigenvalue weighted by atomic mass is 16.5. The summed E-state index contributed by atoms with van der Waals surface area (Å²) in [5, 5.41) is 15.5. The van der Waals surface area contributed by atoms with E-state index in [2.05, 4.69) is 44.4 Å². The highest BCUT2D eigenvalue weighted by Crippen LogP contribution is 2.24. The number of rotatable bonds is 7. The zero-order chi connectivity index (χ0) is 31.3. The molecule has 3 aromatic rings. The Morgan fingerprint density at radius 3 is 2.39 bits per heavy atom. The molecule has 3 N–H and O–H groups in total. The van der Waals surface area contributed by atoms with E-state index < -0.39 is 6.09 Å². The molecule has 1 aromatic carbocycles. The van der Waals surface area contributed by atoms with Crippen LogP contribution in [-0.4, -0.2) is 114 Å². The van der Waals surface area contributed by atoms with Gasteiger partial charge in [-0.15, -0.1) is 0 Å². The lowest BCUT2D eigenvalue weighted by atomic mass is 10.1. The molecule has 2 fully saturated rings. The van der Waals surface area contributed by atoms with Gasteiger partial charge in [-0.1, -0.05) is 19.1 Å². The summed E-state index contributed by atoms with van der Waals surface area (Å²) < 4.78 is 5.17. The van der Waals surface area contributed by atoms with Crippen molar-refractivity contribution in [2.45, 2.75) is 20.3 Å². The van der Waals surface area contributed by atoms with Crippen molar-refractivity contribution in [1.82, 2.24) is 24.7 Å². The number of hydrogen-bond donors (Lipinski definition) is 3. The fraction of sp³-hybridized carbons (Fsp3) is 0.438. The number of likely N-dealkylation sites (N-methyl/N-ethyl adjacent to an activating group) is 1. The normalized spacial score (nSPS) is 15.6. The molecule has 12 heteroatoms. The first-order valence-electron chi connectivity index (χ1n) is 15.1. The molecule has 12 nitrogen and oxygen atoms in total. The number of benzene rings is 1. The topological polar surface area (TPSA) is 126 Å². The van der Waals surface area contributed by atoms with Gasteiger partial charge in [0.2, 0.25) is 0 Å². The lowest BCUT2D eigenvalue weighted by Gasteiger charge is -2.35. The van der Waals surface area contributed by atoms with Gasteiger partial charge in [0.25, 0.3) is 0 Å². The van der Waals surface area contributed by atoms with E-state index in [1.807, 2.05) is 48.2 Å². The molecule has 2 saturated heterocycles. The molecule has 3 amide bonds. The average molecular weight is 605 g/mol. The van der Waals surface area contributed by atoms with E-state index >= 15 is 0 Å². The van der Waals surface area contributed by atoms with Crippen LogP contribution in [0, 0.1) is 6.92 Å². The predicted octanol–water partition coefficient (Wildman–Crippen LogP) is 3.89. The smallest absolute Gasteiger partial charge is 0.412 e. The second-order valence-corrected chi connectivity index (χ2v) is 10.9. The van der Waals surface area contributed by atoms with Crippen molar-refractivity contribution in [3.8, 4) is 5.75 Å². The molecule has 2 aliphatic heterocycles. The number of piperazine rings is 2. The van der Waals surface area contributed by atoms with E-state index in [0.717, 1.165) is 50.4 Å². The summed E-state index contributed by atoms with van der Waals surface area (Å²) in [5.74, 6) is 1.27. The number of carbonyl (C=O) groups excluding carboxylic acids is 2.